The van der Waals surface area contributed by atoms with Crippen molar-refractivity contribution in [2.45, 2.75) is 18.8 Å². The number of hydrogen-bond donors (Lipinski definition) is 1. The highest BCUT2D eigenvalue weighted by Gasteiger charge is 2.22. The third-order valence-corrected chi connectivity index (χ3v) is 5.04. The summed E-state index contributed by atoms with van der Waals surface area (Å²) in [6.07, 6.45) is 5.40. The number of carbonyl (C=O) groups excluding carboxylic acids is 1. The van der Waals surface area contributed by atoms with Gasteiger partial charge in [-0.25, -0.2) is 8.78 Å². The Balaban J connectivity index is 1.83. The summed E-state index contributed by atoms with van der Waals surface area (Å²) in [6, 6.07) is 14.9. The minimum atomic E-state index is -0.665. The van der Waals surface area contributed by atoms with Crippen molar-refractivity contribution in [1.82, 2.24) is 9.97 Å². The van der Waals surface area contributed by atoms with E-state index in [-0.39, 0.29) is 12.8 Å². The van der Waals surface area contributed by atoms with Gasteiger partial charge in [0.05, 0.1) is 5.69 Å². The number of hydrogen-bond acceptors (Lipinski definition) is 3. The Hall–Kier alpha value is -3.67. The molecule has 2 aromatic carbocycles. The number of amides is 1. The first-order valence-corrected chi connectivity index (χ1v) is 9.52. The molecule has 0 aliphatic rings. The topological polar surface area (TPSA) is 68.9 Å². The molecule has 0 saturated heterocycles. The number of fused-ring (bicyclic) bond motifs is 1. The number of nitrogens with two attached hydrogens (primary N) is 1. The van der Waals surface area contributed by atoms with Gasteiger partial charge in [0.15, 0.2) is 0 Å². The van der Waals surface area contributed by atoms with Crippen LogP contribution in [0.1, 0.15) is 23.6 Å². The van der Waals surface area contributed by atoms with Gasteiger partial charge < -0.3 is 5.73 Å². The zero-order valence-corrected chi connectivity index (χ0v) is 16.1. The Morgan fingerprint density at radius 2 is 1.73 bits per heavy atom. The van der Waals surface area contributed by atoms with Crippen molar-refractivity contribution >= 4 is 16.7 Å². The van der Waals surface area contributed by atoms with E-state index in [0.717, 1.165) is 28.0 Å². The minimum Gasteiger partial charge on any atom is -0.370 e. The zero-order valence-electron chi connectivity index (χ0n) is 16.1. The van der Waals surface area contributed by atoms with Crippen molar-refractivity contribution in [3.8, 4) is 11.1 Å². The third kappa shape index (κ3) is 4.17. The van der Waals surface area contributed by atoms with Crippen LogP contribution in [-0.4, -0.2) is 15.9 Å². The van der Waals surface area contributed by atoms with Crippen molar-refractivity contribution in [3.05, 3.63) is 96.1 Å². The molecule has 0 aliphatic carbocycles. The molecule has 0 radical (unpaired) electrons. The summed E-state index contributed by atoms with van der Waals surface area (Å²) in [7, 11) is 0. The van der Waals surface area contributed by atoms with Crippen molar-refractivity contribution in [3.63, 3.8) is 0 Å². The molecule has 0 unspecified atom stereocenters. The van der Waals surface area contributed by atoms with E-state index < -0.39 is 23.5 Å². The lowest BCUT2D eigenvalue weighted by Gasteiger charge is -2.19. The van der Waals surface area contributed by atoms with Crippen LogP contribution in [0.25, 0.3) is 21.9 Å². The highest BCUT2D eigenvalue weighted by Crippen LogP contribution is 2.35. The van der Waals surface area contributed by atoms with Gasteiger partial charge in [0.1, 0.15) is 11.6 Å². The van der Waals surface area contributed by atoms with E-state index in [1.165, 1.54) is 12.1 Å². The van der Waals surface area contributed by atoms with E-state index in [9.17, 15) is 13.6 Å². The summed E-state index contributed by atoms with van der Waals surface area (Å²) in [5.41, 5.74) is 8.25. The quantitative estimate of drug-likeness (QED) is 0.504. The molecule has 0 saturated carbocycles. The highest BCUT2D eigenvalue weighted by molar-refractivity contribution is 5.96. The first-order valence-electron chi connectivity index (χ1n) is 9.52. The van der Waals surface area contributed by atoms with Gasteiger partial charge in [0.2, 0.25) is 5.91 Å². The second-order valence-electron chi connectivity index (χ2n) is 7.19. The number of halogens is 2. The third-order valence-electron chi connectivity index (χ3n) is 5.04. The number of aromatic nitrogens is 2. The zero-order chi connectivity index (χ0) is 21.1. The molecule has 150 valence electrons. The van der Waals surface area contributed by atoms with Crippen LogP contribution in [0.15, 0.2) is 73.2 Å². The van der Waals surface area contributed by atoms with E-state index in [2.05, 4.69) is 9.97 Å². The van der Waals surface area contributed by atoms with Crippen molar-refractivity contribution in [2.75, 3.05) is 0 Å². The van der Waals surface area contributed by atoms with Gasteiger partial charge >= 0.3 is 0 Å². The van der Waals surface area contributed by atoms with Gasteiger partial charge in [-0.05, 0) is 35.6 Å². The number of rotatable bonds is 6. The molecular formula is C24H19F2N3O. The first kappa shape index (κ1) is 19.6. The molecule has 2 heterocycles. The van der Waals surface area contributed by atoms with Crippen LogP contribution in [0, 0.1) is 11.6 Å². The predicted molar refractivity (Wildman–Crippen MR) is 112 cm³/mol. The molecule has 4 aromatic rings. The van der Waals surface area contributed by atoms with Crippen LogP contribution in [0.3, 0.4) is 0 Å². The second-order valence-corrected chi connectivity index (χ2v) is 7.19. The Labute approximate surface area is 172 Å². The number of carbonyl (C=O) groups is 1. The lowest BCUT2D eigenvalue weighted by molar-refractivity contribution is -0.118. The van der Waals surface area contributed by atoms with E-state index in [1.807, 2.05) is 36.4 Å². The summed E-state index contributed by atoms with van der Waals surface area (Å²) in [4.78, 5) is 20.7. The predicted octanol–water partition coefficient (Wildman–Crippen LogP) is 4.78. The van der Waals surface area contributed by atoms with Crippen molar-refractivity contribution in [1.29, 1.82) is 0 Å². The lowest BCUT2D eigenvalue weighted by atomic mass is 9.87. The monoisotopic (exact) mass is 403 g/mol. The van der Waals surface area contributed by atoms with Crippen LogP contribution in [0.5, 0.6) is 0 Å². The van der Waals surface area contributed by atoms with Crippen molar-refractivity contribution < 1.29 is 13.6 Å². The second kappa shape index (κ2) is 8.37. The van der Waals surface area contributed by atoms with Gasteiger partial charge in [-0.2, -0.15) is 0 Å². The van der Waals surface area contributed by atoms with Gasteiger partial charge in [-0.1, -0.05) is 30.3 Å². The molecule has 4 rings (SSSR count). The average molecular weight is 403 g/mol. The maximum atomic E-state index is 13.7. The van der Waals surface area contributed by atoms with Crippen LogP contribution >= 0.6 is 0 Å². The van der Waals surface area contributed by atoms with Crippen LogP contribution in [-0.2, 0) is 11.2 Å². The molecule has 30 heavy (non-hydrogen) atoms. The summed E-state index contributed by atoms with van der Waals surface area (Å²) in [6.45, 7) is 0. The summed E-state index contributed by atoms with van der Waals surface area (Å²) >= 11 is 0. The fourth-order valence-corrected chi connectivity index (χ4v) is 3.82. The van der Waals surface area contributed by atoms with E-state index in [0.29, 0.717) is 11.3 Å². The molecule has 1 amide bonds. The molecule has 4 nitrogen and oxygen atoms in total. The lowest BCUT2D eigenvalue weighted by Crippen LogP contribution is -2.18. The van der Waals surface area contributed by atoms with E-state index in [4.69, 9.17) is 5.73 Å². The van der Waals surface area contributed by atoms with Gasteiger partial charge in [0, 0.05) is 53.5 Å². The standard InChI is InChI=1S/C24H19F2N3O/c25-18-9-15(10-19(26)12-18)8-17(11-23(27)30)24-21(6-3-7-29-24)22-14-28-13-16-4-1-2-5-20(16)22/h1-7,9-10,12-14,17H,8,11H2,(H2,27,30)/t17-/m0/s1. The molecular weight excluding hydrogens is 384 g/mol. The van der Waals surface area contributed by atoms with Crippen LogP contribution in [0.4, 0.5) is 8.78 Å². The maximum Gasteiger partial charge on any atom is 0.218 e. The fraction of sp³-hybridized carbons (Fsp3) is 0.125. The molecule has 6 heteroatoms. The number of nitrogens with zero attached hydrogens (tertiary/aromatic N) is 2. The molecule has 0 bridgehead atoms. The minimum absolute atomic E-state index is 0.000338. The highest BCUT2D eigenvalue weighted by atomic mass is 19.1. The molecule has 2 aromatic heterocycles. The normalized spacial score (nSPS) is 12.1. The molecule has 0 aliphatic heterocycles. The average Bonchev–Trinajstić information content (AvgIpc) is 2.72. The molecule has 0 spiro atoms. The van der Waals surface area contributed by atoms with Gasteiger partial charge in [0.25, 0.3) is 0 Å². The first-order chi connectivity index (χ1) is 14.5. The number of pyridine rings is 2. The number of primary amides is 1. The van der Waals surface area contributed by atoms with Gasteiger partial charge in [-0.3, -0.25) is 14.8 Å². The largest absolute Gasteiger partial charge is 0.370 e. The van der Waals surface area contributed by atoms with E-state index >= 15 is 0 Å². The van der Waals surface area contributed by atoms with Gasteiger partial charge in [-0.15, -0.1) is 0 Å². The maximum absolute atomic E-state index is 13.7. The summed E-state index contributed by atoms with van der Waals surface area (Å²) < 4.78 is 27.4. The fourth-order valence-electron chi connectivity index (χ4n) is 3.82. The molecule has 0 fully saturated rings. The Bertz CT molecular complexity index is 1200. The smallest absolute Gasteiger partial charge is 0.218 e. The van der Waals surface area contributed by atoms with Crippen LogP contribution < -0.4 is 5.73 Å². The molecule has 1 atom stereocenters. The van der Waals surface area contributed by atoms with E-state index in [1.54, 1.807) is 18.6 Å². The summed E-state index contributed by atoms with van der Waals surface area (Å²) in [5, 5.41) is 1.97. The number of benzene rings is 2. The Morgan fingerprint density at radius 3 is 2.50 bits per heavy atom. The summed E-state index contributed by atoms with van der Waals surface area (Å²) in [5.74, 6) is -2.28. The Morgan fingerprint density at radius 1 is 0.967 bits per heavy atom. The Kier molecular flexibility index (Phi) is 5.48. The van der Waals surface area contributed by atoms with Crippen molar-refractivity contribution in [2.24, 2.45) is 5.73 Å². The SMILES string of the molecule is NC(=O)C[C@H](Cc1cc(F)cc(F)c1)c1ncccc1-c1cncc2ccccc12. The molecule has 2 N–H and O–H groups in total. The van der Waals surface area contributed by atoms with Crippen LogP contribution in [0.2, 0.25) is 0 Å².